The van der Waals surface area contributed by atoms with Crippen LogP contribution in [0.15, 0.2) is 0 Å². The van der Waals surface area contributed by atoms with E-state index in [0.29, 0.717) is 0 Å². The van der Waals surface area contributed by atoms with E-state index >= 15 is 0 Å². The molecule has 1 fully saturated rings. The third-order valence-electron chi connectivity index (χ3n) is 2.68. The van der Waals surface area contributed by atoms with E-state index in [0.717, 1.165) is 19.5 Å². The molecule has 0 saturated carbocycles. The lowest BCUT2D eigenvalue weighted by molar-refractivity contribution is -0.117. The van der Waals surface area contributed by atoms with E-state index in [2.05, 4.69) is 36.3 Å². The second-order valence-corrected chi connectivity index (χ2v) is 4.36. The van der Waals surface area contributed by atoms with Gasteiger partial charge in [-0.25, -0.2) is 0 Å². The van der Waals surface area contributed by atoms with Crippen molar-refractivity contribution < 1.29 is 4.79 Å². The van der Waals surface area contributed by atoms with Crippen molar-refractivity contribution in [3.8, 4) is 11.8 Å². The first-order valence-corrected chi connectivity index (χ1v) is 5.00. The summed E-state index contributed by atoms with van der Waals surface area (Å²) >= 11 is 0. The molecule has 1 saturated heterocycles. The number of rotatable bonds is 1. The molecule has 1 rings (SSSR count). The Morgan fingerprint density at radius 2 is 2.29 bits per heavy atom. The molecule has 78 valence electrons. The fourth-order valence-electron chi connectivity index (χ4n) is 1.75. The van der Waals surface area contributed by atoms with Gasteiger partial charge in [-0.1, -0.05) is 19.8 Å². The molecular formula is C11H18N2O. The lowest BCUT2D eigenvalue weighted by atomic mass is 9.80. The summed E-state index contributed by atoms with van der Waals surface area (Å²) in [5.41, 5.74) is 0.114. The van der Waals surface area contributed by atoms with Crippen molar-refractivity contribution >= 4 is 5.91 Å². The molecule has 1 unspecified atom stereocenters. The van der Waals surface area contributed by atoms with Crippen LogP contribution in [0, 0.1) is 17.3 Å². The molecule has 1 heterocycles. The fraction of sp³-hybridized carbons (Fsp3) is 0.727. The topological polar surface area (TPSA) is 41.1 Å². The quantitative estimate of drug-likeness (QED) is 0.597. The Labute approximate surface area is 85.6 Å². The standard InChI is InChI=1S/C11H18N2O/c1-4-5-10(14)13-9-6-7-12-8-11(9,2)3/h9,12H,6-8H2,1-3H3,(H,13,14). The number of carbonyl (C=O) groups excluding carboxylic acids is 1. The van der Waals surface area contributed by atoms with Crippen molar-refractivity contribution in [1.29, 1.82) is 0 Å². The summed E-state index contributed by atoms with van der Waals surface area (Å²) in [6.07, 6.45) is 0.976. The maximum atomic E-state index is 11.3. The van der Waals surface area contributed by atoms with Crippen LogP contribution >= 0.6 is 0 Å². The maximum Gasteiger partial charge on any atom is 0.296 e. The number of hydrogen-bond acceptors (Lipinski definition) is 2. The Morgan fingerprint density at radius 1 is 1.57 bits per heavy atom. The molecule has 0 aliphatic carbocycles. The molecule has 2 N–H and O–H groups in total. The van der Waals surface area contributed by atoms with Crippen molar-refractivity contribution in [2.24, 2.45) is 5.41 Å². The highest BCUT2D eigenvalue weighted by Gasteiger charge is 2.32. The first-order chi connectivity index (χ1) is 6.56. The van der Waals surface area contributed by atoms with Crippen molar-refractivity contribution in [3.05, 3.63) is 0 Å². The molecule has 3 heteroatoms. The van der Waals surface area contributed by atoms with Crippen molar-refractivity contribution in [2.75, 3.05) is 13.1 Å². The zero-order valence-corrected chi connectivity index (χ0v) is 9.11. The highest BCUT2D eigenvalue weighted by atomic mass is 16.1. The van der Waals surface area contributed by atoms with Gasteiger partial charge >= 0.3 is 0 Å². The molecule has 1 amide bonds. The van der Waals surface area contributed by atoms with Gasteiger partial charge in [-0.15, -0.1) is 0 Å². The molecule has 0 aromatic carbocycles. The highest BCUT2D eigenvalue weighted by Crippen LogP contribution is 2.24. The molecule has 0 radical (unpaired) electrons. The molecule has 1 atom stereocenters. The summed E-state index contributed by atoms with van der Waals surface area (Å²) in [7, 11) is 0. The van der Waals surface area contributed by atoms with E-state index in [1.807, 2.05) is 0 Å². The van der Waals surface area contributed by atoms with Crippen LogP contribution in [0.5, 0.6) is 0 Å². The van der Waals surface area contributed by atoms with Gasteiger partial charge in [0, 0.05) is 12.6 Å². The number of amides is 1. The molecule has 0 aromatic rings. The van der Waals surface area contributed by atoms with Crippen molar-refractivity contribution in [3.63, 3.8) is 0 Å². The van der Waals surface area contributed by atoms with E-state index in [1.165, 1.54) is 0 Å². The minimum absolute atomic E-state index is 0.114. The number of hydrogen-bond donors (Lipinski definition) is 2. The summed E-state index contributed by atoms with van der Waals surface area (Å²) in [6.45, 7) is 7.89. The van der Waals surface area contributed by atoms with E-state index in [4.69, 9.17) is 0 Å². The first kappa shape index (κ1) is 11.1. The summed E-state index contributed by atoms with van der Waals surface area (Å²) in [5.74, 6) is 4.96. The lowest BCUT2D eigenvalue weighted by Gasteiger charge is -2.39. The zero-order valence-electron chi connectivity index (χ0n) is 9.11. The Balaban J connectivity index is 2.56. The summed E-state index contributed by atoms with van der Waals surface area (Å²) in [4.78, 5) is 11.3. The highest BCUT2D eigenvalue weighted by molar-refractivity contribution is 5.93. The Hall–Kier alpha value is -1.01. The van der Waals surface area contributed by atoms with Gasteiger partial charge in [-0.2, -0.15) is 0 Å². The first-order valence-electron chi connectivity index (χ1n) is 5.00. The van der Waals surface area contributed by atoms with Gasteiger partial charge in [-0.3, -0.25) is 4.79 Å². The molecule has 1 aliphatic heterocycles. The Morgan fingerprint density at radius 3 is 2.86 bits per heavy atom. The van der Waals surface area contributed by atoms with Crippen molar-refractivity contribution in [2.45, 2.75) is 33.2 Å². The summed E-state index contributed by atoms with van der Waals surface area (Å²) in [5, 5.41) is 6.28. The number of piperidine rings is 1. The normalized spacial score (nSPS) is 24.6. The average Bonchev–Trinajstić information content (AvgIpc) is 2.09. The average molecular weight is 194 g/mol. The van der Waals surface area contributed by atoms with Gasteiger partial charge in [0.1, 0.15) is 0 Å². The van der Waals surface area contributed by atoms with Crippen LogP contribution in [0.1, 0.15) is 27.2 Å². The SMILES string of the molecule is CC#CC(=O)NC1CCNCC1(C)C. The number of nitrogens with one attached hydrogen (secondary N) is 2. The molecule has 0 bridgehead atoms. The fourth-order valence-corrected chi connectivity index (χ4v) is 1.75. The minimum Gasteiger partial charge on any atom is -0.342 e. The van der Waals surface area contributed by atoms with Crippen LogP contribution in [0.3, 0.4) is 0 Å². The lowest BCUT2D eigenvalue weighted by Crippen LogP contribution is -2.54. The smallest absolute Gasteiger partial charge is 0.296 e. The van der Waals surface area contributed by atoms with Crippen LogP contribution in [0.4, 0.5) is 0 Å². The van der Waals surface area contributed by atoms with Gasteiger partial charge in [0.2, 0.25) is 0 Å². The van der Waals surface area contributed by atoms with Crippen LogP contribution in [0.2, 0.25) is 0 Å². The molecule has 0 spiro atoms. The molecule has 1 aliphatic rings. The molecule has 3 nitrogen and oxygen atoms in total. The van der Waals surface area contributed by atoms with Gasteiger partial charge in [0.15, 0.2) is 0 Å². The van der Waals surface area contributed by atoms with Gasteiger partial charge < -0.3 is 10.6 Å². The van der Waals surface area contributed by atoms with Crippen LogP contribution in [-0.4, -0.2) is 25.0 Å². The van der Waals surface area contributed by atoms with Crippen LogP contribution < -0.4 is 10.6 Å². The third kappa shape index (κ3) is 2.74. The predicted molar refractivity (Wildman–Crippen MR) is 56.6 cm³/mol. The Kier molecular flexibility index (Phi) is 3.54. The van der Waals surface area contributed by atoms with E-state index in [1.54, 1.807) is 6.92 Å². The molecule has 0 aromatic heterocycles. The summed E-state index contributed by atoms with van der Waals surface area (Å²) in [6, 6.07) is 0.233. The largest absolute Gasteiger partial charge is 0.342 e. The Bertz CT molecular complexity index is 273. The second kappa shape index (κ2) is 4.47. The third-order valence-corrected chi connectivity index (χ3v) is 2.68. The zero-order chi connectivity index (χ0) is 10.6. The van der Waals surface area contributed by atoms with Crippen LogP contribution in [0.25, 0.3) is 0 Å². The monoisotopic (exact) mass is 194 g/mol. The van der Waals surface area contributed by atoms with Crippen molar-refractivity contribution in [1.82, 2.24) is 10.6 Å². The summed E-state index contributed by atoms with van der Waals surface area (Å²) < 4.78 is 0. The van der Waals surface area contributed by atoms with Crippen LogP contribution in [-0.2, 0) is 4.79 Å². The van der Waals surface area contributed by atoms with E-state index in [9.17, 15) is 4.79 Å². The van der Waals surface area contributed by atoms with Gasteiger partial charge in [0.05, 0.1) is 0 Å². The second-order valence-electron chi connectivity index (χ2n) is 4.36. The molecular weight excluding hydrogens is 176 g/mol. The van der Waals surface area contributed by atoms with E-state index in [-0.39, 0.29) is 17.4 Å². The van der Waals surface area contributed by atoms with Gasteiger partial charge in [-0.05, 0) is 31.2 Å². The van der Waals surface area contributed by atoms with E-state index < -0.39 is 0 Å². The minimum atomic E-state index is -0.160. The number of carbonyl (C=O) groups is 1. The predicted octanol–water partition coefficient (Wildman–Crippen LogP) is 0.514. The maximum absolute atomic E-state index is 11.3. The molecule has 14 heavy (non-hydrogen) atoms. The van der Waals surface area contributed by atoms with Gasteiger partial charge in [0.25, 0.3) is 5.91 Å².